The number of anilines is 1. The van der Waals surface area contributed by atoms with Gasteiger partial charge in [0.25, 0.3) is 5.24 Å². The van der Waals surface area contributed by atoms with E-state index in [1.807, 2.05) is 32.0 Å². The topological polar surface area (TPSA) is 69.7 Å². The molecule has 0 aromatic heterocycles. The highest BCUT2D eigenvalue weighted by Crippen LogP contribution is 2.26. The Morgan fingerprint density at radius 3 is 2.70 bits per heavy atom. The van der Waals surface area contributed by atoms with Crippen LogP contribution in [0.15, 0.2) is 18.2 Å². The first-order chi connectivity index (χ1) is 11.0. The molecule has 2 fully saturated rings. The quantitative estimate of drug-likeness (QED) is 0.903. The van der Waals surface area contributed by atoms with E-state index in [1.54, 1.807) is 4.90 Å². The normalized spacial score (nSPS) is 21.2. The van der Waals surface area contributed by atoms with Crippen LogP contribution in [0.4, 0.5) is 15.3 Å². The molecule has 2 saturated heterocycles. The number of nitrogens with one attached hydrogen (secondary N) is 1. The molecule has 0 spiro atoms. The molecule has 0 bridgehead atoms. The van der Waals surface area contributed by atoms with E-state index in [1.165, 1.54) is 10.5 Å². The molecular weight excluding hydrogens is 314 g/mol. The maximum absolute atomic E-state index is 12.4. The van der Waals surface area contributed by atoms with Crippen LogP contribution in [0.25, 0.3) is 0 Å². The van der Waals surface area contributed by atoms with Crippen LogP contribution in [0, 0.1) is 13.8 Å². The van der Waals surface area contributed by atoms with Gasteiger partial charge in [-0.1, -0.05) is 17.8 Å². The zero-order valence-electron chi connectivity index (χ0n) is 13.2. The molecule has 1 atom stereocenters. The summed E-state index contributed by atoms with van der Waals surface area (Å²) in [5, 5.41) is 2.68. The van der Waals surface area contributed by atoms with Gasteiger partial charge in [0.05, 0.1) is 11.8 Å². The average Bonchev–Trinajstić information content (AvgIpc) is 3.10. The fourth-order valence-corrected chi connectivity index (χ4v) is 3.65. The van der Waals surface area contributed by atoms with Crippen molar-refractivity contribution in [2.75, 3.05) is 24.2 Å². The number of imide groups is 1. The maximum Gasteiger partial charge on any atom is 0.321 e. The summed E-state index contributed by atoms with van der Waals surface area (Å²) in [7, 11) is 0. The summed E-state index contributed by atoms with van der Waals surface area (Å²) in [6, 6.07) is 5.39. The van der Waals surface area contributed by atoms with Gasteiger partial charge in [-0.15, -0.1) is 0 Å². The van der Waals surface area contributed by atoms with Crippen LogP contribution in [0.3, 0.4) is 0 Å². The molecule has 1 aromatic rings. The third-order valence-corrected chi connectivity index (χ3v) is 5.19. The van der Waals surface area contributed by atoms with Gasteiger partial charge >= 0.3 is 6.03 Å². The maximum atomic E-state index is 12.4. The van der Waals surface area contributed by atoms with E-state index in [-0.39, 0.29) is 29.0 Å². The minimum absolute atomic E-state index is 0.151. The van der Waals surface area contributed by atoms with E-state index in [0.717, 1.165) is 23.0 Å². The van der Waals surface area contributed by atoms with Crippen molar-refractivity contribution in [1.82, 2.24) is 9.80 Å². The van der Waals surface area contributed by atoms with Crippen LogP contribution in [0.2, 0.25) is 0 Å². The van der Waals surface area contributed by atoms with Crippen LogP contribution in [0.1, 0.15) is 17.5 Å². The molecular formula is C16H19N3O3S. The molecule has 1 aromatic carbocycles. The number of thioether (sulfide) groups is 1. The van der Waals surface area contributed by atoms with Gasteiger partial charge < -0.3 is 10.2 Å². The van der Waals surface area contributed by atoms with Crippen molar-refractivity contribution in [3.63, 3.8) is 0 Å². The number of urea groups is 1. The molecule has 2 aliphatic rings. The second-order valence-electron chi connectivity index (χ2n) is 5.94. The summed E-state index contributed by atoms with van der Waals surface area (Å²) in [5.41, 5.74) is 3.05. The Kier molecular flexibility index (Phi) is 4.30. The number of aryl methyl sites for hydroxylation is 2. The third-order valence-electron chi connectivity index (χ3n) is 4.36. The predicted molar refractivity (Wildman–Crippen MR) is 89.6 cm³/mol. The van der Waals surface area contributed by atoms with Crippen molar-refractivity contribution >= 4 is 34.6 Å². The average molecular weight is 333 g/mol. The summed E-state index contributed by atoms with van der Waals surface area (Å²) in [4.78, 5) is 38.9. The van der Waals surface area contributed by atoms with Crippen molar-refractivity contribution in [2.45, 2.75) is 26.3 Å². The number of likely N-dealkylation sites (tertiary alicyclic amines) is 1. The first-order valence-corrected chi connectivity index (χ1v) is 8.56. The highest BCUT2D eigenvalue weighted by molar-refractivity contribution is 8.14. The number of rotatable bonds is 2. The van der Waals surface area contributed by atoms with Crippen LogP contribution in [0.5, 0.6) is 0 Å². The van der Waals surface area contributed by atoms with Gasteiger partial charge in [0.2, 0.25) is 5.91 Å². The summed E-state index contributed by atoms with van der Waals surface area (Å²) in [6.45, 7) is 4.96. The Hall–Kier alpha value is -2.02. The van der Waals surface area contributed by atoms with E-state index >= 15 is 0 Å². The van der Waals surface area contributed by atoms with Crippen LogP contribution in [-0.2, 0) is 4.79 Å². The lowest BCUT2D eigenvalue weighted by Crippen LogP contribution is -2.42. The van der Waals surface area contributed by atoms with Crippen LogP contribution >= 0.6 is 11.8 Å². The van der Waals surface area contributed by atoms with Gasteiger partial charge in [0, 0.05) is 18.8 Å². The van der Waals surface area contributed by atoms with Crippen molar-refractivity contribution in [3.05, 3.63) is 29.3 Å². The number of hydrogen-bond acceptors (Lipinski definition) is 4. The molecule has 23 heavy (non-hydrogen) atoms. The van der Waals surface area contributed by atoms with Crippen LogP contribution < -0.4 is 5.32 Å². The highest BCUT2D eigenvalue weighted by Gasteiger charge is 2.40. The van der Waals surface area contributed by atoms with Crippen molar-refractivity contribution in [1.29, 1.82) is 0 Å². The molecule has 6 nitrogen and oxygen atoms in total. The van der Waals surface area contributed by atoms with Gasteiger partial charge in [-0.3, -0.25) is 14.5 Å². The minimum atomic E-state index is -0.199. The summed E-state index contributed by atoms with van der Waals surface area (Å²) in [6.07, 6.45) is 0.637. The van der Waals surface area contributed by atoms with Crippen molar-refractivity contribution in [2.24, 2.45) is 0 Å². The number of benzene rings is 1. The Morgan fingerprint density at radius 1 is 1.26 bits per heavy atom. The van der Waals surface area contributed by atoms with E-state index in [4.69, 9.17) is 0 Å². The van der Waals surface area contributed by atoms with Crippen molar-refractivity contribution in [3.8, 4) is 0 Å². The molecule has 2 heterocycles. The molecule has 1 N–H and O–H groups in total. The molecule has 7 heteroatoms. The fourth-order valence-electron chi connectivity index (χ4n) is 2.88. The first kappa shape index (κ1) is 15.9. The van der Waals surface area contributed by atoms with E-state index in [2.05, 4.69) is 5.32 Å². The van der Waals surface area contributed by atoms with E-state index in [0.29, 0.717) is 19.5 Å². The van der Waals surface area contributed by atoms with Crippen molar-refractivity contribution < 1.29 is 14.4 Å². The molecule has 3 rings (SSSR count). The summed E-state index contributed by atoms with van der Waals surface area (Å²) in [5.74, 6) is 0.0610. The Morgan fingerprint density at radius 2 is 2.04 bits per heavy atom. The second-order valence-corrected chi connectivity index (χ2v) is 6.86. The zero-order chi connectivity index (χ0) is 16.6. The molecule has 0 radical (unpaired) electrons. The van der Waals surface area contributed by atoms with Gasteiger partial charge in [0.15, 0.2) is 0 Å². The molecule has 2 aliphatic heterocycles. The Bertz CT molecular complexity index is 661. The lowest BCUT2D eigenvalue weighted by atomic mass is 10.1. The molecule has 122 valence electrons. The zero-order valence-corrected chi connectivity index (χ0v) is 14.0. The molecule has 4 amide bonds. The minimum Gasteiger partial charge on any atom is -0.322 e. The predicted octanol–water partition coefficient (Wildman–Crippen LogP) is 2.61. The fraction of sp³-hybridized carbons (Fsp3) is 0.438. The number of carbonyl (C=O) groups is 3. The van der Waals surface area contributed by atoms with Gasteiger partial charge in [-0.05, 0) is 43.5 Å². The monoisotopic (exact) mass is 333 g/mol. The lowest BCUT2D eigenvalue weighted by Gasteiger charge is -2.22. The van der Waals surface area contributed by atoms with E-state index in [9.17, 15) is 14.4 Å². The number of nitrogens with zero attached hydrogens (tertiary/aromatic N) is 2. The molecule has 0 unspecified atom stereocenters. The summed E-state index contributed by atoms with van der Waals surface area (Å²) < 4.78 is 0. The highest BCUT2D eigenvalue weighted by atomic mass is 32.2. The Labute approximate surface area is 139 Å². The number of hydrogen-bond donors (Lipinski definition) is 1. The number of carbonyl (C=O) groups excluding carboxylic acids is 3. The van der Waals surface area contributed by atoms with E-state index < -0.39 is 0 Å². The summed E-state index contributed by atoms with van der Waals surface area (Å²) >= 11 is 1.03. The molecule has 0 saturated carbocycles. The second kappa shape index (κ2) is 6.23. The molecule has 0 aliphatic carbocycles. The largest absolute Gasteiger partial charge is 0.322 e. The third kappa shape index (κ3) is 3.19. The van der Waals surface area contributed by atoms with Crippen LogP contribution in [-0.4, -0.2) is 51.9 Å². The smallest absolute Gasteiger partial charge is 0.321 e. The Balaban J connectivity index is 1.62. The van der Waals surface area contributed by atoms with Gasteiger partial charge in [0.1, 0.15) is 0 Å². The van der Waals surface area contributed by atoms with Gasteiger partial charge in [-0.25, -0.2) is 4.79 Å². The number of amides is 4. The SMILES string of the molecule is Cc1ccc(NC(=O)N2CC[C@H](N3C(=O)CSC3=O)C2)cc1C. The lowest BCUT2D eigenvalue weighted by molar-refractivity contribution is -0.126. The van der Waals surface area contributed by atoms with Gasteiger partial charge in [-0.2, -0.15) is 0 Å². The standard InChI is InChI=1S/C16H19N3O3S/c1-10-3-4-12(7-11(10)2)17-15(21)18-6-5-13(8-18)19-14(20)9-23-16(19)22/h3-4,7,13H,5-6,8-9H2,1-2H3,(H,17,21)/t13-/m0/s1. The first-order valence-electron chi connectivity index (χ1n) is 7.57.